The van der Waals surface area contributed by atoms with E-state index in [0.29, 0.717) is 22.9 Å². The summed E-state index contributed by atoms with van der Waals surface area (Å²) in [7, 11) is 1.79. The second-order valence-corrected chi connectivity index (χ2v) is 5.02. The van der Waals surface area contributed by atoms with Gasteiger partial charge in [0, 0.05) is 36.1 Å². The van der Waals surface area contributed by atoms with Gasteiger partial charge in [-0.1, -0.05) is 34.5 Å². The standard InChI is InChI=1S/C12H13Cl2N3O/c1-17-7-10(15-16-17)6-11(18)4-8-2-3-9(13)5-12(8)14/h2-3,5,7,11,18H,4,6H2,1H3. The van der Waals surface area contributed by atoms with Crippen molar-refractivity contribution in [3.8, 4) is 0 Å². The molecule has 2 rings (SSSR count). The van der Waals surface area contributed by atoms with Crippen molar-refractivity contribution in [2.24, 2.45) is 7.05 Å². The maximum atomic E-state index is 9.99. The van der Waals surface area contributed by atoms with Crippen LogP contribution in [0.5, 0.6) is 0 Å². The number of halogens is 2. The van der Waals surface area contributed by atoms with Crippen molar-refractivity contribution in [2.45, 2.75) is 18.9 Å². The lowest BCUT2D eigenvalue weighted by molar-refractivity contribution is 0.174. The van der Waals surface area contributed by atoms with Gasteiger partial charge in [-0.25, -0.2) is 0 Å². The number of hydrogen-bond acceptors (Lipinski definition) is 3. The fourth-order valence-corrected chi connectivity index (χ4v) is 2.23. The molecule has 96 valence electrons. The Morgan fingerprint density at radius 3 is 2.72 bits per heavy atom. The zero-order valence-electron chi connectivity index (χ0n) is 9.85. The van der Waals surface area contributed by atoms with Crippen molar-refractivity contribution in [1.29, 1.82) is 0 Å². The van der Waals surface area contributed by atoms with Gasteiger partial charge in [0.25, 0.3) is 0 Å². The van der Waals surface area contributed by atoms with Gasteiger partial charge in [-0.2, -0.15) is 0 Å². The van der Waals surface area contributed by atoms with Crippen molar-refractivity contribution >= 4 is 23.2 Å². The van der Waals surface area contributed by atoms with E-state index in [9.17, 15) is 5.11 Å². The minimum absolute atomic E-state index is 0.451. The van der Waals surface area contributed by atoms with Crippen molar-refractivity contribution in [2.75, 3.05) is 0 Å². The van der Waals surface area contributed by atoms with Gasteiger partial charge in [-0.15, -0.1) is 5.10 Å². The van der Waals surface area contributed by atoms with Crippen molar-refractivity contribution in [1.82, 2.24) is 15.0 Å². The van der Waals surface area contributed by atoms with E-state index in [1.807, 2.05) is 6.07 Å². The van der Waals surface area contributed by atoms with Crippen LogP contribution in [0, 0.1) is 0 Å². The molecule has 0 aliphatic carbocycles. The summed E-state index contributed by atoms with van der Waals surface area (Å²) in [6.07, 6.45) is 2.16. The summed E-state index contributed by atoms with van der Waals surface area (Å²) in [6, 6.07) is 5.26. The predicted molar refractivity (Wildman–Crippen MR) is 70.9 cm³/mol. The van der Waals surface area contributed by atoms with Crippen LogP contribution in [0.4, 0.5) is 0 Å². The first-order valence-electron chi connectivity index (χ1n) is 5.52. The Morgan fingerprint density at radius 1 is 1.33 bits per heavy atom. The van der Waals surface area contributed by atoms with Crippen LogP contribution >= 0.6 is 23.2 Å². The van der Waals surface area contributed by atoms with Gasteiger partial charge in [0.2, 0.25) is 0 Å². The highest BCUT2D eigenvalue weighted by Gasteiger charge is 2.11. The first-order chi connectivity index (χ1) is 8.54. The van der Waals surface area contributed by atoms with E-state index in [2.05, 4.69) is 10.3 Å². The first-order valence-corrected chi connectivity index (χ1v) is 6.27. The second-order valence-electron chi connectivity index (χ2n) is 4.18. The van der Waals surface area contributed by atoms with Gasteiger partial charge in [-0.05, 0) is 17.7 Å². The predicted octanol–water partition coefficient (Wildman–Crippen LogP) is 2.27. The Morgan fingerprint density at radius 2 is 2.11 bits per heavy atom. The molecule has 0 fully saturated rings. The number of rotatable bonds is 4. The highest BCUT2D eigenvalue weighted by Crippen LogP contribution is 2.22. The lowest BCUT2D eigenvalue weighted by Gasteiger charge is -2.10. The summed E-state index contributed by atoms with van der Waals surface area (Å²) >= 11 is 11.9. The van der Waals surface area contributed by atoms with Crippen LogP contribution in [-0.2, 0) is 19.9 Å². The molecule has 0 saturated heterocycles. The molecule has 0 bridgehead atoms. The molecule has 1 aromatic carbocycles. The zero-order chi connectivity index (χ0) is 13.1. The summed E-state index contributed by atoms with van der Waals surface area (Å²) in [5.41, 5.74) is 1.63. The summed E-state index contributed by atoms with van der Waals surface area (Å²) < 4.78 is 1.61. The maximum Gasteiger partial charge on any atom is 0.0852 e. The van der Waals surface area contributed by atoms with Gasteiger partial charge in [-0.3, -0.25) is 4.68 Å². The molecule has 0 radical (unpaired) electrons. The lowest BCUT2D eigenvalue weighted by atomic mass is 10.0. The van der Waals surface area contributed by atoms with Gasteiger partial charge < -0.3 is 5.11 Å². The largest absolute Gasteiger partial charge is 0.392 e. The van der Waals surface area contributed by atoms with Crippen LogP contribution < -0.4 is 0 Å². The monoisotopic (exact) mass is 285 g/mol. The lowest BCUT2D eigenvalue weighted by Crippen LogP contribution is -2.14. The molecule has 1 aromatic heterocycles. The summed E-state index contributed by atoms with van der Waals surface area (Å²) in [4.78, 5) is 0. The highest BCUT2D eigenvalue weighted by atomic mass is 35.5. The van der Waals surface area contributed by atoms with Crippen molar-refractivity contribution < 1.29 is 5.11 Å². The molecule has 4 nitrogen and oxygen atoms in total. The molecule has 1 N–H and O–H groups in total. The average Bonchev–Trinajstić information content (AvgIpc) is 2.68. The minimum Gasteiger partial charge on any atom is -0.392 e. The quantitative estimate of drug-likeness (QED) is 0.938. The molecule has 6 heteroatoms. The van der Waals surface area contributed by atoms with E-state index in [1.165, 1.54) is 0 Å². The number of benzene rings is 1. The van der Waals surface area contributed by atoms with E-state index in [1.54, 1.807) is 30.1 Å². The van der Waals surface area contributed by atoms with Crippen LogP contribution in [0.15, 0.2) is 24.4 Å². The molecule has 0 aliphatic rings. The Kier molecular flexibility index (Phi) is 4.22. The number of nitrogens with zero attached hydrogens (tertiary/aromatic N) is 3. The van der Waals surface area contributed by atoms with E-state index >= 15 is 0 Å². The number of aliphatic hydroxyl groups is 1. The molecule has 0 saturated carbocycles. The average molecular weight is 286 g/mol. The van der Waals surface area contributed by atoms with E-state index < -0.39 is 6.10 Å². The molecule has 1 heterocycles. The third-order valence-electron chi connectivity index (χ3n) is 2.57. The van der Waals surface area contributed by atoms with Crippen LogP contribution in [0.1, 0.15) is 11.3 Å². The molecule has 2 aromatic rings. The molecular formula is C12H13Cl2N3O. The zero-order valence-corrected chi connectivity index (χ0v) is 11.4. The molecule has 18 heavy (non-hydrogen) atoms. The molecule has 0 aliphatic heterocycles. The maximum absolute atomic E-state index is 9.99. The third-order valence-corrected chi connectivity index (χ3v) is 3.15. The Bertz CT molecular complexity index is 542. The third kappa shape index (κ3) is 3.45. The number of aliphatic hydroxyl groups excluding tert-OH is 1. The minimum atomic E-state index is -0.541. The topological polar surface area (TPSA) is 50.9 Å². The van der Waals surface area contributed by atoms with Crippen LogP contribution in [0.2, 0.25) is 10.0 Å². The molecular weight excluding hydrogens is 273 g/mol. The Labute approximate surface area is 115 Å². The van der Waals surface area contributed by atoms with E-state index in [-0.39, 0.29) is 0 Å². The summed E-state index contributed by atoms with van der Waals surface area (Å²) in [5, 5.41) is 18.9. The fraction of sp³-hybridized carbons (Fsp3) is 0.333. The van der Waals surface area contributed by atoms with Crippen molar-refractivity contribution in [3.63, 3.8) is 0 Å². The molecule has 1 unspecified atom stereocenters. The highest BCUT2D eigenvalue weighted by molar-refractivity contribution is 6.35. The molecule has 0 amide bonds. The molecule has 0 spiro atoms. The number of hydrogen-bond donors (Lipinski definition) is 1. The van der Waals surface area contributed by atoms with E-state index in [0.717, 1.165) is 11.3 Å². The van der Waals surface area contributed by atoms with Crippen LogP contribution in [0.3, 0.4) is 0 Å². The van der Waals surface area contributed by atoms with Crippen LogP contribution in [-0.4, -0.2) is 26.2 Å². The number of aryl methyl sites for hydroxylation is 1. The summed E-state index contributed by atoms with van der Waals surface area (Å²) in [5.74, 6) is 0. The normalized spacial score (nSPS) is 12.7. The second kappa shape index (κ2) is 5.69. The Balaban J connectivity index is 2.00. The molecule has 1 atom stereocenters. The van der Waals surface area contributed by atoms with Gasteiger partial charge >= 0.3 is 0 Å². The van der Waals surface area contributed by atoms with Gasteiger partial charge in [0.05, 0.1) is 11.8 Å². The SMILES string of the molecule is Cn1cc(CC(O)Cc2ccc(Cl)cc2Cl)nn1. The van der Waals surface area contributed by atoms with Crippen molar-refractivity contribution in [3.05, 3.63) is 45.7 Å². The first kappa shape index (κ1) is 13.3. The van der Waals surface area contributed by atoms with Crippen LogP contribution in [0.25, 0.3) is 0 Å². The summed E-state index contributed by atoms with van der Waals surface area (Å²) in [6.45, 7) is 0. The van der Waals surface area contributed by atoms with Gasteiger partial charge in [0.15, 0.2) is 0 Å². The fourth-order valence-electron chi connectivity index (χ4n) is 1.74. The number of aromatic nitrogens is 3. The van der Waals surface area contributed by atoms with Gasteiger partial charge in [0.1, 0.15) is 0 Å². The van der Waals surface area contributed by atoms with E-state index in [4.69, 9.17) is 23.2 Å². The Hall–Kier alpha value is -1.10. The smallest absolute Gasteiger partial charge is 0.0852 e.